The third kappa shape index (κ3) is 3.01. The first-order valence-electron chi connectivity index (χ1n) is 6.88. The molecule has 1 N–H and O–H groups in total. The number of pyridine rings is 1. The largest absolute Gasteiger partial charge is 0.319 e. The van der Waals surface area contributed by atoms with Crippen molar-refractivity contribution in [3.8, 4) is 0 Å². The molecule has 0 bridgehead atoms. The zero-order valence-electron chi connectivity index (χ0n) is 12.1. The van der Waals surface area contributed by atoms with Crippen LogP contribution in [0.4, 0.5) is 0 Å². The molecule has 0 saturated carbocycles. The van der Waals surface area contributed by atoms with Crippen molar-refractivity contribution >= 4 is 23.2 Å². The van der Waals surface area contributed by atoms with Crippen LogP contribution in [0.5, 0.6) is 0 Å². The highest BCUT2D eigenvalue weighted by molar-refractivity contribution is 5.83. The maximum atomic E-state index is 12.0. The van der Waals surface area contributed by atoms with Crippen molar-refractivity contribution in [2.45, 2.75) is 13.5 Å². The quantitative estimate of drug-likeness (QED) is 0.590. The van der Waals surface area contributed by atoms with E-state index >= 15 is 0 Å². The summed E-state index contributed by atoms with van der Waals surface area (Å²) in [5.41, 5.74) is 5.22. The van der Waals surface area contributed by atoms with Crippen molar-refractivity contribution in [2.24, 2.45) is 5.10 Å². The number of amides is 1. The summed E-state index contributed by atoms with van der Waals surface area (Å²) >= 11 is 0. The Balaban J connectivity index is 1.69. The fourth-order valence-corrected chi connectivity index (χ4v) is 2.20. The Bertz CT molecular complexity index is 823. The third-order valence-electron chi connectivity index (χ3n) is 3.26. The zero-order valence-corrected chi connectivity index (χ0v) is 12.1. The highest BCUT2D eigenvalue weighted by Gasteiger charge is 2.09. The van der Waals surface area contributed by atoms with Crippen LogP contribution in [-0.4, -0.2) is 26.7 Å². The molecule has 3 aromatic rings. The SMILES string of the molecule is Cc1nc2ccccc2n1CC(=O)NN=Cc1ccncc1. The van der Waals surface area contributed by atoms with Crippen molar-refractivity contribution in [1.29, 1.82) is 0 Å². The fourth-order valence-electron chi connectivity index (χ4n) is 2.20. The van der Waals surface area contributed by atoms with E-state index in [9.17, 15) is 4.79 Å². The second-order valence-corrected chi connectivity index (χ2v) is 4.81. The molecule has 6 heteroatoms. The number of benzene rings is 1. The topological polar surface area (TPSA) is 72.2 Å². The lowest BCUT2D eigenvalue weighted by Gasteiger charge is -2.05. The Morgan fingerprint density at radius 3 is 2.86 bits per heavy atom. The highest BCUT2D eigenvalue weighted by atomic mass is 16.2. The van der Waals surface area contributed by atoms with Crippen molar-refractivity contribution < 1.29 is 4.79 Å². The lowest BCUT2D eigenvalue weighted by molar-refractivity contribution is -0.121. The molecule has 22 heavy (non-hydrogen) atoms. The van der Waals surface area contributed by atoms with Crippen molar-refractivity contribution in [3.05, 3.63) is 60.2 Å². The number of imidazole rings is 1. The van der Waals surface area contributed by atoms with E-state index in [1.165, 1.54) is 0 Å². The molecule has 1 aromatic carbocycles. The van der Waals surface area contributed by atoms with Crippen LogP contribution in [0, 0.1) is 6.92 Å². The first-order chi connectivity index (χ1) is 10.7. The van der Waals surface area contributed by atoms with Gasteiger partial charge in [0.2, 0.25) is 0 Å². The van der Waals surface area contributed by atoms with E-state index in [0.717, 1.165) is 22.4 Å². The van der Waals surface area contributed by atoms with E-state index < -0.39 is 0 Å². The molecule has 2 aromatic heterocycles. The number of hydrazone groups is 1. The van der Waals surface area contributed by atoms with Crippen LogP contribution in [-0.2, 0) is 11.3 Å². The van der Waals surface area contributed by atoms with Gasteiger partial charge in [0.15, 0.2) is 0 Å². The van der Waals surface area contributed by atoms with Gasteiger partial charge in [-0.15, -0.1) is 0 Å². The van der Waals surface area contributed by atoms with Gasteiger partial charge >= 0.3 is 0 Å². The van der Waals surface area contributed by atoms with E-state index in [2.05, 4.69) is 20.5 Å². The van der Waals surface area contributed by atoms with E-state index in [-0.39, 0.29) is 12.5 Å². The number of hydrogen-bond donors (Lipinski definition) is 1. The van der Waals surface area contributed by atoms with Crippen molar-refractivity contribution in [2.75, 3.05) is 0 Å². The fraction of sp³-hybridized carbons (Fsp3) is 0.125. The van der Waals surface area contributed by atoms with Gasteiger partial charge in [0, 0.05) is 12.4 Å². The Morgan fingerprint density at radius 2 is 2.05 bits per heavy atom. The maximum absolute atomic E-state index is 12.0. The minimum Gasteiger partial charge on any atom is -0.319 e. The summed E-state index contributed by atoms with van der Waals surface area (Å²) in [7, 11) is 0. The van der Waals surface area contributed by atoms with Crippen LogP contribution in [0.3, 0.4) is 0 Å². The normalized spacial score (nSPS) is 11.1. The predicted molar refractivity (Wildman–Crippen MR) is 84.4 cm³/mol. The number of hydrogen-bond acceptors (Lipinski definition) is 4. The molecule has 0 unspecified atom stereocenters. The summed E-state index contributed by atoms with van der Waals surface area (Å²) in [6.07, 6.45) is 4.92. The van der Waals surface area contributed by atoms with Gasteiger partial charge in [-0.1, -0.05) is 12.1 Å². The number of carbonyl (C=O) groups is 1. The van der Waals surface area contributed by atoms with Gasteiger partial charge in [0.25, 0.3) is 5.91 Å². The van der Waals surface area contributed by atoms with Crippen LogP contribution >= 0.6 is 0 Å². The van der Waals surface area contributed by atoms with Gasteiger partial charge in [0.1, 0.15) is 12.4 Å². The number of rotatable bonds is 4. The van der Waals surface area contributed by atoms with Gasteiger partial charge < -0.3 is 4.57 Å². The molecule has 0 aliphatic rings. The maximum Gasteiger partial charge on any atom is 0.260 e. The molecular formula is C16H15N5O. The van der Waals surface area contributed by atoms with E-state index in [1.807, 2.05) is 47.9 Å². The van der Waals surface area contributed by atoms with E-state index in [1.54, 1.807) is 18.6 Å². The highest BCUT2D eigenvalue weighted by Crippen LogP contribution is 2.14. The molecule has 0 atom stereocenters. The molecule has 6 nitrogen and oxygen atoms in total. The number of nitrogens with zero attached hydrogens (tertiary/aromatic N) is 4. The summed E-state index contributed by atoms with van der Waals surface area (Å²) in [6, 6.07) is 11.4. The van der Waals surface area contributed by atoms with Gasteiger partial charge in [-0.05, 0) is 36.8 Å². The minimum absolute atomic E-state index is 0.181. The molecule has 0 saturated heterocycles. The molecule has 110 valence electrons. The number of fused-ring (bicyclic) bond motifs is 1. The van der Waals surface area contributed by atoms with Gasteiger partial charge in [-0.2, -0.15) is 5.10 Å². The molecule has 0 fully saturated rings. The summed E-state index contributed by atoms with van der Waals surface area (Å²) in [6.45, 7) is 2.06. The average molecular weight is 293 g/mol. The Hall–Kier alpha value is -3.02. The standard InChI is InChI=1S/C16H15N5O/c1-12-19-14-4-2-3-5-15(14)21(12)11-16(22)20-18-10-13-6-8-17-9-7-13/h2-10H,11H2,1H3,(H,20,22). The molecular weight excluding hydrogens is 278 g/mol. The average Bonchev–Trinajstić information content (AvgIpc) is 2.84. The van der Waals surface area contributed by atoms with E-state index in [4.69, 9.17) is 0 Å². The predicted octanol–water partition coefficient (Wildman–Crippen LogP) is 1.89. The summed E-state index contributed by atoms with van der Waals surface area (Å²) in [4.78, 5) is 20.4. The third-order valence-corrected chi connectivity index (χ3v) is 3.26. The van der Waals surface area contributed by atoms with Crippen LogP contribution in [0.1, 0.15) is 11.4 Å². The lowest BCUT2D eigenvalue weighted by atomic mass is 10.3. The smallest absolute Gasteiger partial charge is 0.260 e. The number of nitrogens with one attached hydrogen (secondary N) is 1. The van der Waals surface area contributed by atoms with Gasteiger partial charge in [-0.3, -0.25) is 9.78 Å². The van der Waals surface area contributed by atoms with Crippen LogP contribution in [0.15, 0.2) is 53.9 Å². The molecule has 0 aliphatic heterocycles. The summed E-state index contributed by atoms with van der Waals surface area (Å²) in [5.74, 6) is 0.603. The molecule has 0 radical (unpaired) electrons. The second-order valence-electron chi connectivity index (χ2n) is 4.81. The Morgan fingerprint density at radius 1 is 1.27 bits per heavy atom. The number of para-hydroxylation sites is 2. The van der Waals surface area contributed by atoms with Crippen LogP contribution in [0.2, 0.25) is 0 Å². The van der Waals surface area contributed by atoms with Gasteiger partial charge in [-0.25, -0.2) is 10.4 Å². The monoisotopic (exact) mass is 293 g/mol. The van der Waals surface area contributed by atoms with Crippen LogP contribution in [0.25, 0.3) is 11.0 Å². The van der Waals surface area contributed by atoms with E-state index in [0.29, 0.717) is 0 Å². The van der Waals surface area contributed by atoms with Crippen molar-refractivity contribution in [1.82, 2.24) is 20.0 Å². The molecule has 3 rings (SSSR count). The summed E-state index contributed by atoms with van der Waals surface area (Å²) < 4.78 is 1.87. The zero-order chi connectivity index (χ0) is 15.4. The number of aromatic nitrogens is 3. The Labute approximate surface area is 127 Å². The molecule has 2 heterocycles. The summed E-state index contributed by atoms with van der Waals surface area (Å²) in [5, 5.41) is 3.95. The minimum atomic E-state index is -0.198. The lowest BCUT2D eigenvalue weighted by Crippen LogP contribution is -2.23. The Kier molecular flexibility index (Phi) is 3.91. The molecule has 1 amide bonds. The molecule has 0 spiro atoms. The first kappa shape index (κ1) is 13.9. The van der Waals surface area contributed by atoms with Crippen LogP contribution < -0.4 is 5.43 Å². The number of carbonyl (C=O) groups excluding carboxylic acids is 1. The molecule has 0 aliphatic carbocycles. The second kappa shape index (κ2) is 6.17. The van der Waals surface area contributed by atoms with Gasteiger partial charge in [0.05, 0.1) is 17.2 Å². The first-order valence-corrected chi connectivity index (χ1v) is 6.88. The number of aryl methyl sites for hydroxylation is 1. The van der Waals surface area contributed by atoms with Crippen molar-refractivity contribution in [3.63, 3.8) is 0 Å².